The highest BCUT2D eigenvalue weighted by atomic mass is 31.2. The molecule has 0 saturated carbocycles. The highest BCUT2D eigenvalue weighted by Gasteiger charge is 2.28. The predicted molar refractivity (Wildman–Crippen MR) is 235 cm³/mol. The van der Waals surface area contributed by atoms with Crippen LogP contribution in [0.1, 0.15) is 181 Å². The number of carbonyl (C=O) groups excluding carboxylic acids is 2. The normalized spacial score (nSPS) is 14.3. The van der Waals surface area contributed by atoms with Crippen LogP contribution in [0.15, 0.2) is 60.8 Å². The highest BCUT2D eigenvalue weighted by Crippen LogP contribution is 2.43. The van der Waals surface area contributed by atoms with Crippen molar-refractivity contribution in [3.8, 4) is 0 Å². The Balaban J connectivity index is 4.34. The first-order chi connectivity index (χ1) is 28.1. The first-order valence-electron chi connectivity index (χ1n) is 22.3. The zero-order valence-electron chi connectivity index (χ0n) is 36.1. The Morgan fingerprint density at radius 3 is 1.52 bits per heavy atom. The molecule has 0 aliphatic rings. The van der Waals surface area contributed by atoms with Crippen LogP contribution in [-0.4, -0.2) is 59.9 Å². The van der Waals surface area contributed by atoms with Crippen molar-refractivity contribution in [2.45, 2.75) is 193 Å². The summed E-state index contributed by atoms with van der Waals surface area (Å²) in [6.07, 6.45) is 47.3. The average Bonchev–Trinajstić information content (AvgIpc) is 3.20. The predicted octanol–water partition coefficient (Wildman–Crippen LogP) is 12.0. The van der Waals surface area contributed by atoms with Crippen LogP contribution >= 0.6 is 7.82 Å². The van der Waals surface area contributed by atoms with Gasteiger partial charge in [0.2, 0.25) is 0 Å². The van der Waals surface area contributed by atoms with Crippen LogP contribution in [0.4, 0.5) is 0 Å². The average molecular weight is 838 g/mol. The number of carboxylic acids is 1. The second-order valence-corrected chi connectivity index (χ2v) is 16.2. The Labute approximate surface area is 351 Å². The van der Waals surface area contributed by atoms with E-state index in [9.17, 15) is 23.8 Å². The molecule has 58 heavy (non-hydrogen) atoms. The summed E-state index contributed by atoms with van der Waals surface area (Å²) in [5.74, 6) is -2.47. The summed E-state index contributed by atoms with van der Waals surface area (Å²) < 4.78 is 32.6. The van der Waals surface area contributed by atoms with Crippen LogP contribution < -0.4 is 5.73 Å². The van der Waals surface area contributed by atoms with Gasteiger partial charge in [-0.05, 0) is 64.2 Å². The number of phosphoric ester groups is 1. The maximum absolute atomic E-state index is 12.6. The fraction of sp³-hybridized carbons (Fsp3) is 0.717. The molecule has 0 aromatic heterocycles. The van der Waals surface area contributed by atoms with E-state index in [2.05, 4.69) is 67.0 Å². The molecule has 4 N–H and O–H groups in total. The maximum Gasteiger partial charge on any atom is 0.472 e. The second-order valence-electron chi connectivity index (χ2n) is 14.8. The minimum absolute atomic E-state index is 0.0530. The summed E-state index contributed by atoms with van der Waals surface area (Å²) in [6, 6.07) is -1.53. The van der Waals surface area contributed by atoms with Gasteiger partial charge in [0, 0.05) is 12.8 Å². The molecule has 0 spiro atoms. The molecule has 0 aromatic rings. The fourth-order valence-corrected chi connectivity index (χ4v) is 6.56. The minimum atomic E-state index is -4.73. The monoisotopic (exact) mass is 838 g/mol. The zero-order valence-corrected chi connectivity index (χ0v) is 37.0. The smallest absolute Gasteiger partial charge is 0.472 e. The van der Waals surface area contributed by atoms with E-state index in [0.29, 0.717) is 12.8 Å². The van der Waals surface area contributed by atoms with E-state index in [1.165, 1.54) is 83.5 Å². The number of hydrogen-bond donors (Lipinski definition) is 3. The second kappa shape index (κ2) is 40.9. The molecule has 0 aliphatic carbocycles. The van der Waals surface area contributed by atoms with Crippen molar-refractivity contribution in [2.75, 3.05) is 19.8 Å². The van der Waals surface area contributed by atoms with Gasteiger partial charge in [0.25, 0.3) is 0 Å². The molecule has 0 rings (SSSR count). The van der Waals surface area contributed by atoms with Crippen LogP contribution in [0.5, 0.6) is 0 Å². The molecule has 12 heteroatoms. The van der Waals surface area contributed by atoms with Crippen molar-refractivity contribution in [1.29, 1.82) is 0 Å². The molecule has 2 unspecified atom stereocenters. The van der Waals surface area contributed by atoms with Gasteiger partial charge in [-0.2, -0.15) is 0 Å². The van der Waals surface area contributed by atoms with Crippen LogP contribution in [0.25, 0.3) is 0 Å². The number of aliphatic carboxylic acids is 1. The highest BCUT2D eigenvalue weighted by molar-refractivity contribution is 7.47. The van der Waals surface area contributed by atoms with Crippen LogP contribution in [-0.2, 0) is 37.5 Å². The number of unbranched alkanes of at least 4 members (excludes halogenated alkanes) is 17. The number of carbonyl (C=O) groups is 3. The van der Waals surface area contributed by atoms with Crippen molar-refractivity contribution in [3.05, 3.63) is 60.8 Å². The summed E-state index contributed by atoms with van der Waals surface area (Å²) in [7, 11) is -4.73. The fourth-order valence-electron chi connectivity index (χ4n) is 5.78. The van der Waals surface area contributed by atoms with Crippen LogP contribution in [0, 0.1) is 0 Å². The summed E-state index contributed by atoms with van der Waals surface area (Å²) in [4.78, 5) is 45.9. The summed E-state index contributed by atoms with van der Waals surface area (Å²) in [5, 5.41) is 8.89. The summed E-state index contributed by atoms with van der Waals surface area (Å²) >= 11 is 0. The molecule has 334 valence electrons. The lowest BCUT2D eigenvalue weighted by molar-refractivity contribution is -0.161. The summed E-state index contributed by atoms with van der Waals surface area (Å²) in [5.41, 5.74) is 5.33. The van der Waals surface area contributed by atoms with Gasteiger partial charge in [-0.15, -0.1) is 0 Å². The molecule has 0 aromatic carbocycles. The number of rotatable bonds is 41. The zero-order chi connectivity index (χ0) is 42.8. The molecule has 3 atom stereocenters. The van der Waals surface area contributed by atoms with Gasteiger partial charge in [-0.1, -0.05) is 164 Å². The molecule has 0 radical (unpaired) electrons. The van der Waals surface area contributed by atoms with Crippen molar-refractivity contribution in [1.82, 2.24) is 0 Å². The Bertz CT molecular complexity index is 1210. The van der Waals surface area contributed by atoms with Crippen molar-refractivity contribution in [2.24, 2.45) is 5.73 Å². The number of allylic oxidation sites excluding steroid dienone is 10. The van der Waals surface area contributed by atoms with E-state index in [0.717, 1.165) is 57.8 Å². The largest absolute Gasteiger partial charge is 0.480 e. The topological polar surface area (TPSA) is 172 Å². The third-order valence-electron chi connectivity index (χ3n) is 9.26. The van der Waals surface area contributed by atoms with Crippen LogP contribution in [0.2, 0.25) is 0 Å². The third-order valence-corrected chi connectivity index (χ3v) is 10.2. The molecular formula is C46H80NO10P. The van der Waals surface area contributed by atoms with Gasteiger partial charge in [0.15, 0.2) is 6.10 Å². The lowest BCUT2D eigenvalue weighted by atomic mass is 10.0. The van der Waals surface area contributed by atoms with E-state index in [1.807, 2.05) is 12.2 Å². The molecule has 0 amide bonds. The first-order valence-corrected chi connectivity index (χ1v) is 23.8. The van der Waals surface area contributed by atoms with Gasteiger partial charge in [0.1, 0.15) is 12.6 Å². The molecular weight excluding hydrogens is 757 g/mol. The van der Waals surface area contributed by atoms with Gasteiger partial charge in [-0.3, -0.25) is 23.4 Å². The SMILES string of the molecule is CC/C=C/C/C=C/C/C=C/CCCCCCCCCCCCCC(=O)OCC(COP(=O)(O)OC[C@H](N)C(=O)O)OC(=O)CC/C=C/C/C=C/CCCCCCCC. The minimum Gasteiger partial charge on any atom is -0.480 e. The number of nitrogens with two attached hydrogens (primary N) is 1. The van der Waals surface area contributed by atoms with Crippen molar-refractivity contribution >= 4 is 25.7 Å². The van der Waals surface area contributed by atoms with Gasteiger partial charge in [-0.25, -0.2) is 4.57 Å². The van der Waals surface area contributed by atoms with Crippen molar-refractivity contribution in [3.63, 3.8) is 0 Å². The van der Waals surface area contributed by atoms with E-state index in [1.54, 1.807) is 0 Å². The van der Waals surface area contributed by atoms with Gasteiger partial charge >= 0.3 is 25.7 Å². The molecule has 0 bridgehead atoms. The molecule has 11 nitrogen and oxygen atoms in total. The number of hydrogen-bond acceptors (Lipinski definition) is 9. The lowest BCUT2D eigenvalue weighted by Gasteiger charge is -2.20. The Morgan fingerprint density at radius 2 is 1.00 bits per heavy atom. The third kappa shape index (κ3) is 40.0. The summed E-state index contributed by atoms with van der Waals surface area (Å²) in [6.45, 7) is 2.62. The van der Waals surface area contributed by atoms with Crippen molar-refractivity contribution < 1.29 is 47.5 Å². The molecule has 0 aliphatic heterocycles. The number of ether oxygens (including phenoxy) is 2. The molecule has 0 heterocycles. The van der Waals surface area contributed by atoms with E-state index in [-0.39, 0.29) is 19.4 Å². The standard InChI is InChI=1S/C46H80NO10P/c1-3-5-7-9-11-13-15-17-18-19-20-21-22-23-24-26-27-29-31-33-35-37-44(48)54-39-42(40-55-58(52,53)56-41-43(47)46(50)51)57-45(49)38-36-34-32-30-28-25-16-14-12-10-8-6-4-2/h5,7,11,13,17-18,25,28,32,34,42-43H,3-4,6,8-10,12,14-16,19-24,26-27,29-31,33,35-41,47H2,1-2H3,(H,50,51)(H,52,53)/b7-5+,13-11+,18-17+,28-25+,34-32+/t42?,43-/m0/s1. The Hall–Kier alpha value is -2.82. The number of esters is 2. The Morgan fingerprint density at radius 1 is 0.552 bits per heavy atom. The molecule has 0 saturated heterocycles. The number of carboxylic acid groups (broad SMARTS) is 1. The lowest BCUT2D eigenvalue weighted by Crippen LogP contribution is -2.34. The van der Waals surface area contributed by atoms with Gasteiger partial charge < -0.3 is 25.2 Å². The first kappa shape index (κ1) is 55.2. The van der Waals surface area contributed by atoms with E-state index >= 15 is 0 Å². The quantitative estimate of drug-likeness (QED) is 0.0231. The maximum atomic E-state index is 12.6. The van der Waals surface area contributed by atoms with Gasteiger partial charge in [0.05, 0.1) is 13.2 Å². The molecule has 0 fully saturated rings. The van der Waals surface area contributed by atoms with E-state index < -0.39 is 51.1 Å². The Kier molecular flexibility index (Phi) is 38.9. The number of phosphoric acid groups is 1. The van der Waals surface area contributed by atoms with E-state index in [4.69, 9.17) is 24.8 Å². The van der Waals surface area contributed by atoms with Crippen LogP contribution in [0.3, 0.4) is 0 Å².